The fourth-order valence-electron chi connectivity index (χ4n) is 1.73. The number of aryl methyl sites for hydroxylation is 1. The van der Waals surface area contributed by atoms with E-state index in [0.29, 0.717) is 16.8 Å². The monoisotopic (exact) mass is 271 g/mol. The van der Waals surface area contributed by atoms with Gasteiger partial charge in [-0.1, -0.05) is 0 Å². The third kappa shape index (κ3) is 2.16. The highest BCUT2D eigenvalue weighted by Crippen LogP contribution is 2.05. The van der Waals surface area contributed by atoms with Crippen LogP contribution in [0.2, 0.25) is 0 Å². The molecule has 0 aliphatic carbocycles. The van der Waals surface area contributed by atoms with Gasteiger partial charge in [0.2, 0.25) is 0 Å². The first kappa shape index (κ1) is 12.4. The van der Waals surface area contributed by atoms with Crippen molar-refractivity contribution in [1.29, 1.82) is 0 Å². The quantitative estimate of drug-likeness (QED) is 0.701. The van der Waals surface area contributed by atoms with Crippen LogP contribution in [0.1, 0.15) is 0 Å². The summed E-state index contributed by atoms with van der Waals surface area (Å²) in [6.07, 6.45) is 1.74. The molecule has 0 radical (unpaired) electrons. The number of nitrogens with one attached hydrogen (secondary N) is 1. The van der Waals surface area contributed by atoms with Crippen molar-refractivity contribution in [3.63, 3.8) is 0 Å². The molecule has 0 bridgehead atoms. The highest BCUT2D eigenvalue weighted by molar-refractivity contribution is 7.84. The van der Waals surface area contributed by atoms with Gasteiger partial charge >= 0.3 is 5.69 Å². The maximum atomic E-state index is 12.1. The largest absolute Gasteiger partial charge is 0.345 e. The summed E-state index contributed by atoms with van der Waals surface area (Å²) in [5, 5.41) is -0.130. The zero-order valence-corrected chi connectivity index (χ0v) is 11.0. The van der Waals surface area contributed by atoms with Crippen LogP contribution in [0.3, 0.4) is 0 Å². The van der Waals surface area contributed by atoms with E-state index < -0.39 is 5.69 Å². The van der Waals surface area contributed by atoms with Crippen molar-refractivity contribution >= 4 is 36.3 Å². The topological polar surface area (TPSA) is 59.8 Å². The Kier molecular flexibility index (Phi) is 3.39. The average Bonchev–Trinajstić information content (AvgIpc) is 2.65. The maximum Gasteiger partial charge on any atom is 0.328 e. The molecule has 5 nitrogen and oxygen atoms in total. The number of aromatic amines is 1. The van der Waals surface area contributed by atoms with Gasteiger partial charge in [0.25, 0.3) is 5.56 Å². The molecule has 0 aliphatic rings. The minimum Gasteiger partial charge on any atom is -0.345 e. The SMILES string of the molecule is Cn1ccc2[nH]c(=O)n(C[C@@H](S)CS)c(=O)c21. The second-order valence-corrected chi connectivity index (χ2v) is 4.97. The predicted molar refractivity (Wildman–Crippen MR) is 74.4 cm³/mol. The van der Waals surface area contributed by atoms with E-state index in [-0.39, 0.29) is 17.4 Å². The number of fused-ring (bicyclic) bond motifs is 1. The molecule has 0 amide bonds. The fraction of sp³-hybridized carbons (Fsp3) is 0.400. The lowest BCUT2D eigenvalue weighted by molar-refractivity contribution is 0.636. The molecule has 2 rings (SSSR count). The number of nitrogens with zero attached hydrogens (tertiary/aromatic N) is 2. The van der Waals surface area contributed by atoms with Crippen LogP contribution in [0.25, 0.3) is 11.0 Å². The van der Waals surface area contributed by atoms with Crippen LogP contribution in [0.5, 0.6) is 0 Å². The van der Waals surface area contributed by atoms with Gasteiger partial charge in [0.15, 0.2) is 0 Å². The van der Waals surface area contributed by atoms with E-state index in [1.807, 2.05) is 0 Å². The first-order valence-electron chi connectivity index (χ1n) is 5.11. The zero-order valence-electron chi connectivity index (χ0n) is 9.25. The van der Waals surface area contributed by atoms with E-state index in [4.69, 9.17) is 0 Å². The normalized spacial score (nSPS) is 13.1. The summed E-state index contributed by atoms with van der Waals surface area (Å²) in [7, 11) is 1.77. The van der Waals surface area contributed by atoms with Crippen molar-refractivity contribution in [3.05, 3.63) is 33.1 Å². The lowest BCUT2D eigenvalue weighted by Gasteiger charge is -2.09. The summed E-state index contributed by atoms with van der Waals surface area (Å²) in [6.45, 7) is 0.252. The Morgan fingerprint density at radius 1 is 1.47 bits per heavy atom. The summed E-state index contributed by atoms with van der Waals surface area (Å²) in [5.41, 5.74) is 0.344. The fourth-order valence-corrected chi connectivity index (χ4v) is 2.01. The molecule has 0 saturated carbocycles. The molecular weight excluding hydrogens is 258 g/mol. The van der Waals surface area contributed by atoms with Gasteiger partial charge in [0.05, 0.1) is 5.52 Å². The molecule has 92 valence electrons. The Hall–Kier alpha value is -1.08. The summed E-state index contributed by atoms with van der Waals surface area (Å²) in [5.74, 6) is 0.500. The van der Waals surface area contributed by atoms with E-state index in [9.17, 15) is 9.59 Å². The molecule has 0 aliphatic heterocycles. The Balaban J connectivity index is 2.67. The number of hydrogen-bond acceptors (Lipinski definition) is 4. The Bertz CT molecular complexity index is 656. The van der Waals surface area contributed by atoms with Crippen LogP contribution >= 0.6 is 25.3 Å². The molecule has 2 heterocycles. The van der Waals surface area contributed by atoms with Crippen molar-refractivity contribution in [3.8, 4) is 0 Å². The lowest BCUT2D eigenvalue weighted by Crippen LogP contribution is -2.38. The molecule has 0 fully saturated rings. The highest BCUT2D eigenvalue weighted by atomic mass is 32.1. The van der Waals surface area contributed by atoms with Crippen LogP contribution in [0.15, 0.2) is 21.9 Å². The molecule has 2 aromatic rings. The van der Waals surface area contributed by atoms with Gasteiger partial charge in [-0.05, 0) is 6.07 Å². The molecule has 1 atom stereocenters. The molecule has 17 heavy (non-hydrogen) atoms. The molecule has 7 heteroatoms. The molecule has 0 spiro atoms. The Morgan fingerprint density at radius 2 is 2.18 bits per heavy atom. The standard InChI is InChI=1S/C10H13N3O2S2/c1-12-3-2-7-8(12)9(14)13(10(15)11-7)4-6(17)5-16/h2-3,6,16-17H,4-5H2,1H3,(H,11,15)/t6-/m1/s1. The van der Waals surface area contributed by atoms with Crippen LogP contribution in [0, 0.1) is 0 Å². The van der Waals surface area contributed by atoms with Crippen LogP contribution in [0.4, 0.5) is 0 Å². The Morgan fingerprint density at radius 3 is 2.82 bits per heavy atom. The first-order valence-corrected chi connectivity index (χ1v) is 6.26. The third-order valence-electron chi connectivity index (χ3n) is 2.61. The molecule has 0 unspecified atom stereocenters. The van der Waals surface area contributed by atoms with E-state index >= 15 is 0 Å². The second-order valence-electron chi connectivity index (χ2n) is 3.87. The molecule has 1 N–H and O–H groups in total. The average molecular weight is 271 g/mol. The van der Waals surface area contributed by atoms with Gasteiger partial charge in [-0.25, -0.2) is 4.79 Å². The van der Waals surface area contributed by atoms with Crippen LogP contribution < -0.4 is 11.2 Å². The summed E-state index contributed by atoms with van der Waals surface area (Å²) in [4.78, 5) is 26.6. The third-order valence-corrected chi connectivity index (χ3v) is 3.69. The van der Waals surface area contributed by atoms with Crippen molar-refractivity contribution in [2.24, 2.45) is 7.05 Å². The van der Waals surface area contributed by atoms with Gasteiger partial charge < -0.3 is 9.55 Å². The van der Waals surface area contributed by atoms with E-state index in [1.165, 1.54) is 0 Å². The predicted octanol–water partition coefficient (Wildman–Crippen LogP) is 0.256. The van der Waals surface area contributed by atoms with E-state index in [2.05, 4.69) is 30.2 Å². The van der Waals surface area contributed by atoms with Crippen molar-refractivity contribution < 1.29 is 0 Å². The number of thiol groups is 2. The number of aromatic nitrogens is 3. The van der Waals surface area contributed by atoms with Crippen molar-refractivity contribution in [2.45, 2.75) is 11.8 Å². The molecular formula is C10H13N3O2S2. The lowest BCUT2D eigenvalue weighted by atomic mass is 10.4. The van der Waals surface area contributed by atoms with Crippen LogP contribution in [-0.4, -0.2) is 25.1 Å². The Labute approximate surface area is 108 Å². The first-order chi connectivity index (χ1) is 8.04. The van der Waals surface area contributed by atoms with Crippen molar-refractivity contribution in [1.82, 2.24) is 14.1 Å². The minimum atomic E-state index is -0.408. The summed E-state index contributed by atoms with van der Waals surface area (Å²) < 4.78 is 2.86. The molecule has 0 saturated heterocycles. The van der Waals surface area contributed by atoms with Gasteiger partial charge in [-0.15, -0.1) is 0 Å². The maximum absolute atomic E-state index is 12.1. The van der Waals surface area contributed by atoms with E-state index in [0.717, 1.165) is 4.57 Å². The van der Waals surface area contributed by atoms with Crippen LogP contribution in [-0.2, 0) is 13.6 Å². The summed E-state index contributed by atoms with van der Waals surface area (Å²) >= 11 is 8.33. The number of rotatable bonds is 3. The smallest absolute Gasteiger partial charge is 0.328 e. The van der Waals surface area contributed by atoms with Gasteiger partial charge in [-0.3, -0.25) is 9.36 Å². The summed E-state index contributed by atoms with van der Waals surface area (Å²) in [6, 6.07) is 1.71. The number of hydrogen-bond donors (Lipinski definition) is 3. The number of H-pyrrole nitrogens is 1. The van der Waals surface area contributed by atoms with Crippen molar-refractivity contribution in [2.75, 3.05) is 5.75 Å². The minimum absolute atomic E-state index is 0.130. The molecule has 0 aromatic carbocycles. The second kappa shape index (κ2) is 4.66. The van der Waals surface area contributed by atoms with E-state index in [1.54, 1.807) is 23.9 Å². The molecule has 2 aromatic heterocycles. The highest BCUT2D eigenvalue weighted by Gasteiger charge is 2.12. The van der Waals surface area contributed by atoms with Gasteiger partial charge in [0.1, 0.15) is 5.52 Å². The van der Waals surface area contributed by atoms with Gasteiger partial charge in [0, 0.05) is 30.8 Å². The zero-order chi connectivity index (χ0) is 12.6. The van der Waals surface area contributed by atoms with Gasteiger partial charge in [-0.2, -0.15) is 25.3 Å².